The average molecular weight is 820 g/mol. The van der Waals surface area contributed by atoms with E-state index < -0.39 is 47.7 Å². The molecule has 3 N–H and O–H groups in total. The molecule has 14 heteroatoms. The average Bonchev–Trinajstić information content (AvgIpc) is 3.48. The van der Waals surface area contributed by atoms with E-state index in [1.54, 1.807) is 38.3 Å². The summed E-state index contributed by atoms with van der Waals surface area (Å²) in [5.41, 5.74) is -1.52. The first-order valence-corrected chi connectivity index (χ1v) is 20.9. The number of methoxy groups -OCH3 is 1. The molecule has 0 aromatic heterocycles. The fourth-order valence-electron chi connectivity index (χ4n) is 7.03. The van der Waals surface area contributed by atoms with Gasteiger partial charge in [-0.05, 0) is 92.0 Å². The summed E-state index contributed by atoms with van der Waals surface area (Å²) in [6.45, 7) is 15.1. The Kier molecular flexibility index (Phi) is 21.5. The SMILES string of the molecule is CC[C@H](O)C(C)O[C@@H](C)CC(C)(O)/C=C/C=C(\C)[C@H]1OC(=O)C[C@H](O)CC[C@@](C)(OC)[C@@H](OC(=O)N(C)CCN(C)CCCCCCN2C(=O)C=CC2=O)/C=C/[C@@H]1C. The van der Waals surface area contributed by atoms with Gasteiger partial charge in [-0.25, -0.2) is 4.79 Å². The number of aliphatic hydroxyl groups is 3. The zero-order valence-electron chi connectivity index (χ0n) is 36.7. The summed E-state index contributed by atoms with van der Waals surface area (Å²) in [7, 11) is 5.21. The van der Waals surface area contributed by atoms with Gasteiger partial charge in [0.15, 0.2) is 6.10 Å². The van der Waals surface area contributed by atoms with Crippen molar-refractivity contribution in [3.05, 3.63) is 48.1 Å². The molecule has 0 saturated carbocycles. The maximum absolute atomic E-state index is 13.5. The van der Waals surface area contributed by atoms with E-state index in [9.17, 15) is 34.5 Å². The highest BCUT2D eigenvalue weighted by atomic mass is 16.6. The van der Waals surface area contributed by atoms with Crippen molar-refractivity contribution < 1.29 is 53.4 Å². The smallest absolute Gasteiger partial charge is 0.410 e. The number of carbonyl (C=O) groups excluding carboxylic acids is 4. The Labute approximate surface area is 346 Å². The number of carbonyl (C=O) groups is 4. The quantitative estimate of drug-likeness (QED) is 0.0460. The lowest BCUT2D eigenvalue weighted by molar-refractivity contribution is -0.151. The summed E-state index contributed by atoms with van der Waals surface area (Å²) in [5.74, 6) is -1.42. The lowest BCUT2D eigenvalue weighted by Crippen LogP contribution is -2.46. The normalized spacial score (nSPS) is 26.8. The van der Waals surface area contributed by atoms with Crippen molar-refractivity contribution in [2.24, 2.45) is 5.92 Å². The van der Waals surface area contributed by atoms with Crippen molar-refractivity contribution >= 4 is 23.9 Å². The molecule has 2 rings (SSSR count). The van der Waals surface area contributed by atoms with E-state index in [1.807, 2.05) is 54.7 Å². The Morgan fingerprint density at radius 2 is 1.74 bits per heavy atom. The second-order valence-electron chi connectivity index (χ2n) is 16.6. The van der Waals surface area contributed by atoms with Crippen molar-refractivity contribution in [3.8, 4) is 0 Å². The highest BCUT2D eigenvalue weighted by Gasteiger charge is 2.38. The van der Waals surface area contributed by atoms with Crippen LogP contribution in [-0.2, 0) is 33.3 Å². The molecule has 9 atom stereocenters. The number of likely N-dealkylation sites (N-methyl/N-ethyl adjacent to an activating group) is 2. The largest absolute Gasteiger partial charge is 0.457 e. The molecule has 0 aromatic rings. The van der Waals surface area contributed by atoms with Gasteiger partial charge < -0.3 is 44.1 Å². The summed E-state index contributed by atoms with van der Waals surface area (Å²) >= 11 is 0. The van der Waals surface area contributed by atoms with Crippen molar-refractivity contribution in [1.29, 1.82) is 0 Å². The zero-order valence-corrected chi connectivity index (χ0v) is 36.7. The number of cyclic esters (lactones) is 1. The third-order valence-electron chi connectivity index (χ3n) is 11.1. The Morgan fingerprint density at radius 1 is 1.09 bits per heavy atom. The minimum atomic E-state index is -1.21. The molecule has 0 aromatic carbocycles. The van der Waals surface area contributed by atoms with Crippen LogP contribution in [0.5, 0.6) is 0 Å². The van der Waals surface area contributed by atoms with Crippen molar-refractivity contribution in [2.75, 3.05) is 47.4 Å². The minimum Gasteiger partial charge on any atom is -0.457 e. The van der Waals surface area contributed by atoms with Gasteiger partial charge in [0.2, 0.25) is 0 Å². The molecule has 0 radical (unpaired) electrons. The number of ether oxygens (including phenoxy) is 4. The molecule has 3 amide bonds. The first kappa shape index (κ1) is 50.7. The van der Waals surface area contributed by atoms with Crippen LogP contribution >= 0.6 is 0 Å². The van der Waals surface area contributed by atoms with Gasteiger partial charge in [-0.3, -0.25) is 19.3 Å². The minimum absolute atomic E-state index is 0.207. The molecular weight excluding hydrogens is 746 g/mol. The number of unbranched alkanes of at least 4 members (excludes halogenated alkanes) is 3. The molecule has 0 fully saturated rings. The molecule has 0 aliphatic carbocycles. The monoisotopic (exact) mass is 820 g/mol. The number of imide groups is 1. The van der Waals surface area contributed by atoms with Gasteiger partial charge in [-0.2, -0.15) is 0 Å². The molecule has 14 nitrogen and oxygen atoms in total. The fourth-order valence-corrected chi connectivity index (χ4v) is 7.03. The Bertz CT molecular complexity index is 1430. The standard InChI is InChI=1S/C44H73N3O11/c1-11-36(49)34(5)56-33(4)30-43(6,54)23-16-17-31(2)41-32(3)18-19-37(44(7,55-10)24-22-35(48)29-40(52)58-41)57-42(53)46(9)28-27-45(8)25-14-12-13-15-26-47-38(50)20-21-39(47)51/h16-21,23,32-37,41,48-49,54H,11-15,22,24-30H2,1-10H3/b19-18+,23-16+,31-17+/t32-,33-,34?,35+,36-,37-,41+,43?,44+/m0/s1. The van der Waals surface area contributed by atoms with Crippen LogP contribution in [0.2, 0.25) is 0 Å². The Hall–Kier alpha value is -3.40. The van der Waals surface area contributed by atoms with E-state index in [-0.39, 0.29) is 42.8 Å². The Balaban J connectivity index is 2.07. The van der Waals surface area contributed by atoms with Crippen LogP contribution in [0.15, 0.2) is 48.1 Å². The predicted octanol–water partition coefficient (Wildman–Crippen LogP) is 5.10. The van der Waals surface area contributed by atoms with Crippen LogP contribution < -0.4 is 0 Å². The van der Waals surface area contributed by atoms with E-state index in [0.29, 0.717) is 44.5 Å². The number of nitrogens with zero attached hydrogens (tertiary/aromatic N) is 3. The predicted molar refractivity (Wildman–Crippen MR) is 223 cm³/mol. The summed E-state index contributed by atoms with van der Waals surface area (Å²) in [5, 5.41) is 32.0. The van der Waals surface area contributed by atoms with Gasteiger partial charge >= 0.3 is 12.1 Å². The first-order chi connectivity index (χ1) is 27.2. The molecule has 0 bridgehead atoms. The van der Waals surface area contributed by atoms with E-state index >= 15 is 0 Å². The van der Waals surface area contributed by atoms with Crippen LogP contribution in [0.25, 0.3) is 0 Å². The van der Waals surface area contributed by atoms with E-state index in [2.05, 4.69) is 4.90 Å². The molecule has 2 heterocycles. The zero-order chi connectivity index (χ0) is 43.6. The van der Waals surface area contributed by atoms with Crippen molar-refractivity contribution in [1.82, 2.24) is 14.7 Å². The second-order valence-corrected chi connectivity index (χ2v) is 16.6. The summed E-state index contributed by atoms with van der Waals surface area (Å²) < 4.78 is 23.8. The van der Waals surface area contributed by atoms with Gasteiger partial charge in [0, 0.05) is 58.3 Å². The highest BCUT2D eigenvalue weighted by Crippen LogP contribution is 2.30. The molecule has 2 unspecified atom stereocenters. The van der Waals surface area contributed by atoms with Gasteiger partial charge in [0.25, 0.3) is 11.8 Å². The van der Waals surface area contributed by atoms with E-state index in [0.717, 1.165) is 32.2 Å². The highest BCUT2D eigenvalue weighted by molar-refractivity contribution is 6.12. The topological polar surface area (TPSA) is 176 Å². The van der Waals surface area contributed by atoms with Crippen molar-refractivity contribution in [3.63, 3.8) is 0 Å². The second kappa shape index (κ2) is 24.6. The Morgan fingerprint density at radius 3 is 2.38 bits per heavy atom. The van der Waals surface area contributed by atoms with Crippen LogP contribution in [0.1, 0.15) is 106 Å². The number of rotatable bonds is 21. The maximum atomic E-state index is 13.5. The third kappa shape index (κ3) is 17.4. The molecular formula is C44H73N3O11. The van der Waals surface area contributed by atoms with Crippen molar-refractivity contribution in [2.45, 2.75) is 154 Å². The number of hydrogen-bond donors (Lipinski definition) is 3. The molecule has 2 aliphatic rings. The van der Waals surface area contributed by atoms with E-state index in [4.69, 9.17) is 18.9 Å². The number of amides is 3. The number of allylic oxidation sites excluding steroid dienone is 2. The molecule has 0 saturated heterocycles. The molecule has 330 valence electrons. The van der Waals surface area contributed by atoms with Crippen LogP contribution in [-0.4, -0.2) is 149 Å². The lowest BCUT2D eigenvalue weighted by atomic mass is 9.88. The summed E-state index contributed by atoms with van der Waals surface area (Å²) in [6, 6.07) is 0. The summed E-state index contributed by atoms with van der Waals surface area (Å²) in [4.78, 5) is 54.8. The van der Waals surface area contributed by atoms with Gasteiger partial charge in [0.05, 0.1) is 36.4 Å². The fraction of sp³-hybridized carbons (Fsp3) is 0.727. The lowest BCUT2D eigenvalue weighted by Gasteiger charge is -2.36. The molecule has 58 heavy (non-hydrogen) atoms. The number of esters is 1. The van der Waals surface area contributed by atoms with E-state index in [1.165, 1.54) is 29.1 Å². The first-order valence-electron chi connectivity index (χ1n) is 20.9. The van der Waals surface area contributed by atoms with Crippen LogP contribution in [0.4, 0.5) is 4.79 Å². The molecule has 2 aliphatic heterocycles. The third-order valence-corrected chi connectivity index (χ3v) is 11.1. The van der Waals surface area contributed by atoms with Gasteiger partial charge in [-0.1, -0.05) is 51.0 Å². The number of hydrogen-bond acceptors (Lipinski definition) is 12. The van der Waals surface area contributed by atoms with Gasteiger partial charge in [-0.15, -0.1) is 0 Å². The van der Waals surface area contributed by atoms with Crippen LogP contribution in [0, 0.1) is 5.92 Å². The maximum Gasteiger partial charge on any atom is 0.410 e. The summed E-state index contributed by atoms with van der Waals surface area (Å²) in [6.07, 6.45) is 11.7. The van der Waals surface area contributed by atoms with Gasteiger partial charge in [0.1, 0.15) is 11.7 Å². The molecule has 0 spiro atoms. The number of aliphatic hydroxyl groups excluding tert-OH is 2. The van der Waals surface area contributed by atoms with Crippen LogP contribution in [0.3, 0.4) is 0 Å².